The predicted molar refractivity (Wildman–Crippen MR) is 83.6 cm³/mol. The number of aliphatic hydroxyl groups excluding tert-OH is 1. The van der Waals surface area contributed by atoms with Crippen molar-refractivity contribution in [2.45, 2.75) is 0 Å². The topological polar surface area (TPSA) is 73.2 Å². The van der Waals surface area contributed by atoms with Gasteiger partial charge in [0.2, 0.25) is 5.88 Å². The molecule has 0 aliphatic rings. The van der Waals surface area contributed by atoms with Crippen molar-refractivity contribution in [1.29, 1.82) is 0 Å². The van der Waals surface area contributed by atoms with Gasteiger partial charge in [0.15, 0.2) is 0 Å². The van der Waals surface area contributed by atoms with Gasteiger partial charge < -0.3 is 19.3 Å². The molecule has 0 saturated heterocycles. The summed E-state index contributed by atoms with van der Waals surface area (Å²) >= 11 is 0. The first-order chi connectivity index (χ1) is 10.7. The molecule has 0 spiro atoms. The number of hydrogen-bond acceptors (Lipinski definition) is 6. The fourth-order valence-electron chi connectivity index (χ4n) is 1.73. The molecule has 0 unspecified atom stereocenters. The van der Waals surface area contributed by atoms with E-state index in [1.807, 2.05) is 6.07 Å². The molecular formula is C16H18N2O4. The van der Waals surface area contributed by atoms with E-state index in [9.17, 15) is 0 Å². The first kappa shape index (κ1) is 15.8. The lowest BCUT2D eigenvalue weighted by molar-refractivity contribution is 0.201. The normalized spacial score (nSPS) is 10.7. The van der Waals surface area contributed by atoms with Crippen LogP contribution in [0.15, 0.2) is 41.5 Å². The Labute approximate surface area is 129 Å². The maximum atomic E-state index is 8.82. The predicted octanol–water partition coefficient (Wildman–Crippen LogP) is 2.22. The van der Waals surface area contributed by atoms with Crippen molar-refractivity contribution in [1.82, 2.24) is 4.98 Å². The van der Waals surface area contributed by atoms with E-state index in [1.165, 1.54) is 0 Å². The van der Waals surface area contributed by atoms with Gasteiger partial charge in [-0.25, -0.2) is 4.98 Å². The monoisotopic (exact) mass is 302 g/mol. The molecular weight excluding hydrogens is 284 g/mol. The van der Waals surface area contributed by atoms with Crippen LogP contribution in [0.3, 0.4) is 0 Å². The first-order valence-corrected chi connectivity index (χ1v) is 6.72. The molecule has 2 aromatic rings. The molecule has 22 heavy (non-hydrogen) atoms. The van der Waals surface area contributed by atoms with Crippen molar-refractivity contribution >= 4 is 11.9 Å². The van der Waals surface area contributed by atoms with E-state index in [-0.39, 0.29) is 13.2 Å². The average molecular weight is 302 g/mol. The van der Waals surface area contributed by atoms with Crippen LogP contribution in [0.4, 0.5) is 5.69 Å². The highest BCUT2D eigenvalue weighted by atomic mass is 16.5. The minimum absolute atomic E-state index is 0.0483. The average Bonchev–Trinajstić information content (AvgIpc) is 2.58. The molecule has 6 heteroatoms. The lowest BCUT2D eigenvalue weighted by Crippen LogP contribution is -2.01. The van der Waals surface area contributed by atoms with Crippen LogP contribution in [0.25, 0.3) is 0 Å². The highest BCUT2D eigenvalue weighted by Gasteiger charge is 2.02. The van der Waals surface area contributed by atoms with E-state index in [2.05, 4.69) is 9.98 Å². The minimum atomic E-state index is -0.0483. The lowest BCUT2D eigenvalue weighted by Gasteiger charge is -2.07. The molecule has 1 heterocycles. The van der Waals surface area contributed by atoms with E-state index < -0.39 is 0 Å². The number of methoxy groups -OCH3 is 2. The van der Waals surface area contributed by atoms with Crippen LogP contribution < -0.4 is 14.2 Å². The number of ether oxygens (including phenoxy) is 3. The Kier molecular flexibility index (Phi) is 5.73. The molecule has 0 aliphatic carbocycles. The summed E-state index contributed by atoms with van der Waals surface area (Å²) in [5, 5.41) is 8.82. The van der Waals surface area contributed by atoms with Crippen LogP contribution >= 0.6 is 0 Å². The third kappa shape index (κ3) is 4.46. The molecule has 1 N–H and O–H groups in total. The summed E-state index contributed by atoms with van der Waals surface area (Å²) in [6.45, 7) is 0.173. The maximum Gasteiger partial charge on any atom is 0.212 e. The Balaban J connectivity index is 2.17. The van der Waals surface area contributed by atoms with Gasteiger partial charge in [0.1, 0.15) is 18.1 Å². The van der Waals surface area contributed by atoms with Crippen LogP contribution in [-0.2, 0) is 0 Å². The summed E-state index contributed by atoms with van der Waals surface area (Å²) in [7, 11) is 3.15. The second-order valence-electron chi connectivity index (χ2n) is 4.33. The van der Waals surface area contributed by atoms with Crippen molar-refractivity contribution in [3.63, 3.8) is 0 Å². The van der Waals surface area contributed by atoms with E-state index in [0.717, 1.165) is 5.56 Å². The number of benzene rings is 1. The Bertz CT molecular complexity index is 627. The summed E-state index contributed by atoms with van der Waals surface area (Å²) < 4.78 is 15.6. The van der Waals surface area contributed by atoms with Gasteiger partial charge in [-0.05, 0) is 6.07 Å². The fraction of sp³-hybridized carbons (Fsp3) is 0.250. The van der Waals surface area contributed by atoms with Crippen LogP contribution in [0.2, 0.25) is 0 Å². The molecule has 0 saturated carbocycles. The highest BCUT2D eigenvalue weighted by Crippen LogP contribution is 2.27. The molecule has 0 bridgehead atoms. The molecule has 1 aromatic heterocycles. The molecule has 1 aromatic carbocycles. The first-order valence-electron chi connectivity index (χ1n) is 6.72. The van der Waals surface area contributed by atoms with Crippen molar-refractivity contribution < 1.29 is 19.3 Å². The maximum absolute atomic E-state index is 8.82. The summed E-state index contributed by atoms with van der Waals surface area (Å²) in [5.74, 6) is 1.78. The summed E-state index contributed by atoms with van der Waals surface area (Å²) in [6, 6.07) is 8.93. The van der Waals surface area contributed by atoms with Crippen molar-refractivity contribution in [3.05, 3.63) is 42.1 Å². The van der Waals surface area contributed by atoms with E-state index >= 15 is 0 Å². The molecule has 0 radical (unpaired) electrons. The number of nitrogens with zero attached hydrogens (tertiary/aromatic N) is 2. The van der Waals surface area contributed by atoms with E-state index in [4.69, 9.17) is 19.3 Å². The van der Waals surface area contributed by atoms with E-state index in [0.29, 0.717) is 23.1 Å². The third-order valence-electron chi connectivity index (χ3n) is 2.79. The minimum Gasteiger partial charge on any atom is -0.497 e. The van der Waals surface area contributed by atoms with Gasteiger partial charge in [0.25, 0.3) is 0 Å². The van der Waals surface area contributed by atoms with Crippen molar-refractivity contribution in [3.8, 4) is 17.4 Å². The molecule has 2 rings (SSSR count). The number of pyridine rings is 1. The molecule has 6 nitrogen and oxygen atoms in total. The number of aliphatic hydroxyl groups is 1. The lowest BCUT2D eigenvalue weighted by atomic mass is 10.2. The Morgan fingerprint density at radius 1 is 1.14 bits per heavy atom. The Morgan fingerprint density at radius 2 is 1.95 bits per heavy atom. The number of aliphatic imine (C=N–C) groups is 1. The molecule has 116 valence electrons. The van der Waals surface area contributed by atoms with E-state index in [1.54, 1.807) is 50.9 Å². The SMILES string of the molecule is COc1cc(/N=C/c2ccc(OC)nc2)cc(OCCO)c1. The zero-order valence-electron chi connectivity index (χ0n) is 12.5. The van der Waals surface area contributed by atoms with Crippen molar-refractivity contribution in [2.24, 2.45) is 4.99 Å². The van der Waals surface area contributed by atoms with Crippen LogP contribution in [0.5, 0.6) is 17.4 Å². The van der Waals surface area contributed by atoms with Gasteiger partial charge in [-0.15, -0.1) is 0 Å². The standard InChI is InChI=1S/C16H18N2O4/c1-20-14-7-13(8-15(9-14)22-6-5-19)17-10-12-3-4-16(21-2)18-11-12/h3-4,7-11,19H,5-6H2,1-2H3/b17-10+. The van der Waals surface area contributed by atoms with Crippen LogP contribution in [0, 0.1) is 0 Å². The van der Waals surface area contributed by atoms with Gasteiger partial charge in [0, 0.05) is 42.2 Å². The van der Waals surface area contributed by atoms with Crippen LogP contribution in [0.1, 0.15) is 5.56 Å². The van der Waals surface area contributed by atoms with Gasteiger partial charge in [0.05, 0.1) is 26.5 Å². The molecule has 0 atom stereocenters. The van der Waals surface area contributed by atoms with Gasteiger partial charge in [-0.3, -0.25) is 4.99 Å². The molecule has 0 amide bonds. The highest BCUT2D eigenvalue weighted by molar-refractivity contribution is 5.81. The van der Waals surface area contributed by atoms with Gasteiger partial charge in [-0.1, -0.05) is 0 Å². The van der Waals surface area contributed by atoms with Crippen molar-refractivity contribution in [2.75, 3.05) is 27.4 Å². The Hall–Kier alpha value is -2.60. The van der Waals surface area contributed by atoms with Crippen LogP contribution in [-0.4, -0.2) is 43.7 Å². The Morgan fingerprint density at radius 3 is 2.59 bits per heavy atom. The zero-order chi connectivity index (χ0) is 15.8. The number of hydrogen-bond donors (Lipinski definition) is 1. The third-order valence-corrected chi connectivity index (χ3v) is 2.79. The largest absolute Gasteiger partial charge is 0.497 e. The summed E-state index contributed by atoms with van der Waals surface area (Å²) in [5.41, 5.74) is 1.53. The quantitative estimate of drug-likeness (QED) is 0.794. The second-order valence-corrected chi connectivity index (χ2v) is 4.33. The smallest absolute Gasteiger partial charge is 0.212 e. The second kappa shape index (κ2) is 7.99. The fourth-order valence-corrected chi connectivity index (χ4v) is 1.73. The molecule has 0 fully saturated rings. The van der Waals surface area contributed by atoms with Gasteiger partial charge >= 0.3 is 0 Å². The summed E-state index contributed by atoms with van der Waals surface area (Å²) in [4.78, 5) is 8.49. The number of rotatable bonds is 7. The molecule has 0 aliphatic heterocycles. The number of aromatic nitrogens is 1. The summed E-state index contributed by atoms with van der Waals surface area (Å²) in [6.07, 6.45) is 3.36. The van der Waals surface area contributed by atoms with Gasteiger partial charge in [-0.2, -0.15) is 0 Å². The zero-order valence-corrected chi connectivity index (χ0v) is 12.5.